The number of nitrogens with one attached hydrogen (secondary N) is 2. The number of rotatable bonds is 6. The first-order chi connectivity index (χ1) is 18.5. The van der Waals surface area contributed by atoms with E-state index < -0.39 is 0 Å². The van der Waals surface area contributed by atoms with E-state index in [0.29, 0.717) is 11.6 Å². The first-order valence-electron chi connectivity index (χ1n) is 13.1. The van der Waals surface area contributed by atoms with E-state index >= 15 is 0 Å². The van der Waals surface area contributed by atoms with Crippen LogP contribution in [0.1, 0.15) is 49.0 Å². The second-order valence-electron chi connectivity index (χ2n) is 10.5. The van der Waals surface area contributed by atoms with Gasteiger partial charge in [0.2, 0.25) is 0 Å². The first kappa shape index (κ1) is 24.1. The Morgan fingerprint density at radius 1 is 1.11 bits per heavy atom. The minimum atomic E-state index is -0.255. The van der Waals surface area contributed by atoms with Crippen molar-refractivity contribution in [2.45, 2.75) is 38.6 Å². The zero-order chi connectivity index (χ0) is 26.1. The Balaban J connectivity index is 1.24. The second kappa shape index (κ2) is 9.89. The highest BCUT2D eigenvalue weighted by atomic mass is 19.1. The van der Waals surface area contributed by atoms with Crippen molar-refractivity contribution in [3.63, 3.8) is 0 Å². The van der Waals surface area contributed by atoms with Crippen LogP contribution in [0.3, 0.4) is 0 Å². The number of urea groups is 1. The Kier molecular flexibility index (Phi) is 6.27. The van der Waals surface area contributed by atoms with Gasteiger partial charge in [-0.2, -0.15) is 5.10 Å². The van der Waals surface area contributed by atoms with E-state index in [1.54, 1.807) is 30.6 Å². The third-order valence-corrected chi connectivity index (χ3v) is 8.17. The minimum Gasteiger partial charge on any atom is -0.331 e. The van der Waals surface area contributed by atoms with Gasteiger partial charge in [-0.3, -0.25) is 4.98 Å². The molecule has 2 aromatic heterocycles. The first-order valence-corrected chi connectivity index (χ1v) is 13.1. The summed E-state index contributed by atoms with van der Waals surface area (Å²) in [6.07, 6.45) is 11.3. The number of anilines is 1. The monoisotopic (exact) mass is 507 g/mol. The second-order valence-corrected chi connectivity index (χ2v) is 10.5. The molecule has 2 aliphatic rings. The Labute approximate surface area is 221 Å². The molecule has 192 valence electrons. The van der Waals surface area contributed by atoms with Crippen molar-refractivity contribution in [3.05, 3.63) is 114 Å². The third-order valence-electron chi connectivity index (χ3n) is 8.17. The lowest BCUT2D eigenvalue weighted by molar-refractivity contribution is 0.222. The molecule has 0 spiro atoms. The van der Waals surface area contributed by atoms with Crippen LogP contribution in [0.2, 0.25) is 0 Å². The topological polar surface area (TPSA) is 71.8 Å². The number of benzene rings is 2. The molecule has 6 nitrogen and oxygen atoms in total. The van der Waals surface area contributed by atoms with Crippen LogP contribution in [0, 0.1) is 17.2 Å². The highest BCUT2D eigenvalue weighted by molar-refractivity contribution is 5.89. The summed E-state index contributed by atoms with van der Waals surface area (Å²) < 4.78 is 15.4. The fourth-order valence-corrected chi connectivity index (χ4v) is 6.11. The van der Waals surface area contributed by atoms with Gasteiger partial charge in [0, 0.05) is 6.20 Å². The summed E-state index contributed by atoms with van der Waals surface area (Å²) >= 11 is 0. The number of hydrogen-bond acceptors (Lipinski definition) is 3. The molecule has 1 saturated carbocycles. The van der Waals surface area contributed by atoms with E-state index in [1.165, 1.54) is 23.3 Å². The number of carbonyl (C=O) groups excluding carboxylic acids is 1. The molecule has 2 N–H and O–H groups in total. The molecule has 0 radical (unpaired) electrons. The Hall–Kier alpha value is -4.26. The summed E-state index contributed by atoms with van der Waals surface area (Å²) in [5.74, 6) is 0.134. The summed E-state index contributed by atoms with van der Waals surface area (Å²) in [6.45, 7) is 2.35. The summed E-state index contributed by atoms with van der Waals surface area (Å²) in [5.41, 5.74) is 6.30. The van der Waals surface area contributed by atoms with Crippen LogP contribution in [0.15, 0.2) is 90.9 Å². The minimum absolute atomic E-state index is 0.0157. The van der Waals surface area contributed by atoms with Crippen molar-refractivity contribution in [2.24, 2.45) is 11.3 Å². The van der Waals surface area contributed by atoms with Crippen LogP contribution in [0.5, 0.6) is 0 Å². The number of aromatic nitrogens is 3. The van der Waals surface area contributed by atoms with Gasteiger partial charge in [-0.1, -0.05) is 42.8 Å². The van der Waals surface area contributed by atoms with Crippen LogP contribution in [0.25, 0.3) is 11.8 Å². The summed E-state index contributed by atoms with van der Waals surface area (Å²) in [4.78, 5) is 17.0. The van der Waals surface area contributed by atoms with E-state index in [4.69, 9.17) is 0 Å². The molecule has 2 heterocycles. The molecule has 7 heteroatoms. The van der Waals surface area contributed by atoms with E-state index in [2.05, 4.69) is 45.8 Å². The number of allylic oxidation sites excluding steroid dienone is 1. The fraction of sp³-hybridized carbons (Fsp3) is 0.258. The van der Waals surface area contributed by atoms with Gasteiger partial charge in [0.25, 0.3) is 0 Å². The SMILES string of the molecule is CC12Cc3cnn(-c4ccc(F)cc4)c3C=C1CCC2CC(NC(=O)Nc1cccnc1)c1ccccc1. The van der Waals surface area contributed by atoms with Crippen LogP contribution in [-0.4, -0.2) is 20.8 Å². The molecule has 3 atom stereocenters. The highest BCUT2D eigenvalue weighted by Gasteiger charge is 2.46. The molecule has 1 fully saturated rings. The number of pyridine rings is 1. The largest absolute Gasteiger partial charge is 0.331 e. The number of fused-ring (bicyclic) bond motifs is 2. The van der Waals surface area contributed by atoms with Crippen molar-refractivity contribution < 1.29 is 9.18 Å². The molecule has 0 saturated heterocycles. The van der Waals surface area contributed by atoms with E-state index in [-0.39, 0.29) is 23.3 Å². The number of hydrogen-bond donors (Lipinski definition) is 2. The van der Waals surface area contributed by atoms with Crippen LogP contribution < -0.4 is 10.6 Å². The number of halogens is 1. The van der Waals surface area contributed by atoms with Gasteiger partial charge in [0.15, 0.2) is 0 Å². The fourth-order valence-electron chi connectivity index (χ4n) is 6.11. The van der Waals surface area contributed by atoms with Gasteiger partial charge in [-0.25, -0.2) is 13.9 Å². The molecule has 2 amide bonds. The highest BCUT2D eigenvalue weighted by Crippen LogP contribution is 2.55. The molecule has 38 heavy (non-hydrogen) atoms. The standard InChI is InChI=1S/C31H30FN5O/c1-31-18-22-19-34-37(27-13-11-25(32)12-14-27)29(22)17-24(31)10-9-23(31)16-28(21-6-3-2-4-7-21)36-30(38)35-26-8-5-15-33-20-26/h2-8,11-15,17,19-20,23,28H,9-10,16,18H2,1H3,(H2,35,36,38). The third kappa shape index (κ3) is 4.60. The quantitative estimate of drug-likeness (QED) is 0.304. The summed E-state index contributed by atoms with van der Waals surface area (Å²) in [5, 5.41) is 10.8. The lowest BCUT2D eigenvalue weighted by Gasteiger charge is -2.37. The van der Waals surface area contributed by atoms with Crippen molar-refractivity contribution in [1.29, 1.82) is 0 Å². The van der Waals surface area contributed by atoms with Gasteiger partial charge < -0.3 is 10.6 Å². The predicted octanol–water partition coefficient (Wildman–Crippen LogP) is 6.72. The van der Waals surface area contributed by atoms with Crippen molar-refractivity contribution in [1.82, 2.24) is 20.1 Å². The summed E-state index contributed by atoms with van der Waals surface area (Å²) in [7, 11) is 0. The number of amides is 2. The molecule has 2 aliphatic carbocycles. The van der Waals surface area contributed by atoms with Gasteiger partial charge in [-0.05, 0) is 90.6 Å². The van der Waals surface area contributed by atoms with Crippen LogP contribution in [-0.2, 0) is 6.42 Å². The van der Waals surface area contributed by atoms with Crippen molar-refractivity contribution >= 4 is 17.8 Å². The molecule has 0 bridgehead atoms. The molecule has 4 aromatic rings. The zero-order valence-corrected chi connectivity index (χ0v) is 21.3. The molecule has 6 rings (SSSR count). The van der Waals surface area contributed by atoms with Crippen molar-refractivity contribution in [2.75, 3.05) is 5.32 Å². The molecular formula is C31H30FN5O. The zero-order valence-electron chi connectivity index (χ0n) is 21.3. The maximum absolute atomic E-state index is 13.5. The Bertz CT molecular complexity index is 1470. The normalized spacial score (nSPS) is 20.7. The Morgan fingerprint density at radius 3 is 2.68 bits per heavy atom. The predicted molar refractivity (Wildman–Crippen MR) is 146 cm³/mol. The average molecular weight is 508 g/mol. The van der Waals surface area contributed by atoms with Gasteiger partial charge in [-0.15, -0.1) is 0 Å². The molecule has 0 aliphatic heterocycles. The van der Waals surface area contributed by atoms with Crippen LogP contribution in [0.4, 0.5) is 14.9 Å². The lowest BCUT2D eigenvalue weighted by Crippen LogP contribution is -2.36. The van der Waals surface area contributed by atoms with Crippen LogP contribution >= 0.6 is 0 Å². The lowest BCUT2D eigenvalue weighted by atomic mass is 9.68. The van der Waals surface area contributed by atoms with Gasteiger partial charge in [0.05, 0.1) is 35.5 Å². The van der Waals surface area contributed by atoms with Gasteiger partial charge >= 0.3 is 6.03 Å². The Morgan fingerprint density at radius 2 is 1.92 bits per heavy atom. The maximum atomic E-state index is 13.5. The van der Waals surface area contributed by atoms with Crippen molar-refractivity contribution in [3.8, 4) is 5.69 Å². The molecule has 2 aromatic carbocycles. The van der Waals surface area contributed by atoms with E-state index in [9.17, 15) is 9.18 Å². The molecule has 3 unspecified atom stereocenters. The maximum Gasteiger partial charge on any atom is 0.319 e. The average Bonchev–Trinajstić information content (AvgIpc) is 3.48. The van der Waals surface area contributed by atoms with E-state index in [1.807, 2.05) is 35.1 Å². The molecular weight excluding hydrogens is 477 g/mol. The van der Waals surface area contributed by atoms with Gasteiger partial charge in [0.1, 0.15) is 5.82 Å². The number of nitrogens with zero attached hydrogens (tertiary/aromatic N) is 3. The summed E-state index contributed by atoms with van der Waals surface area (Å²) in [6, 6.07) is 19.9. The number of carbonyl (C=O) groups is 1. The van der Waals surface area contributed by atoms with E-state index in [0.717, 1.165) is 42.6 Å². The smallest absolute Gasteiger partial charge is 0.319 e.